The highest BCUT2D eigenvalue weighted by molar-refractivity contribution is 7.13. The van der Waals surface area contributed by atoms with Gasteiger partial charge in [-0.15, -0.1) is 11.3 Å². The van der Waals surface area contributed by atoms with Crippen molar-refractivity contribution in [3.05, 3.63) is 178 Å². The first-order valence-electron chi connectivity index (χ1n) is 33.8. The molecule has 0 saturated carbocycles. The van der Waals surface area contributed by atoms with Crippen LogP contribution >= 0.6 is 11.3 Å². The van der Waals surface area contributed by atoms with E-state index in [1.165, 1.54) is 33.9 Å². The van der Waals surface area contributed by atoms with Gasteiger partial charge < -0.3 is 67.6 Å². The van der Waals surface area contributed by atoms with Crippen molar-refractivity contribution in [3.63, 3.8) is 0 Å². The monoisotopic (exact) mass is 1380 g/mol. The predicted octanol–water partition coefficient (Wildman–Crippen LogP) is 9.83. The molecule has 27 heteroatoms. The number of aliphatic hydroxyl groups excluding tert-OH is 1. The van der Waals surface area contributed by atoms with Crippen LogP contribution in [0.4, 0.5) is 0 Å². The predicted molar refractivity (Wildman–Crippen MR) is 363 cm³/mol. The van der Waals surface area contributed by atoms with Gasteiger partial charge in [0.25, 0.3) is 0 Å². The number of aromatic nitrogens is 6. The first-order valence-corrected chi connectivity index (χ1v) is 34.7. The SMILES string of the molecule is CC[C@@H](C(=O)N1C[C@H](O)C[C@H]1C(=O)NCc1ccc(-c2cnco2)cc1)c1cc(CO[C@@H]2C[C@@H](C(=O)N[C@@H](C)c3ccc(-c4cncs4)cc3)N(C(=O)[C@H](CC)c3cc(CO[C@@H]4C[C@@H](C(=O)N[C@@H](C)c5ccc(-c6ocnc6C)cc5)N(C(=O)[C@@H](c5cc(C)no5)C(C)C)C4)no3)C2)no1. The molecule has 0 bridgehead atoms. The van der Waals surface area contributed by atoms with Crippen LogP contribution in [0.2, 0.25) is 0 Å². The minimum atomic E-state index is -0.975. The third kappa shape index (κ3) is 15.7. The molecule has 0 spiro atoms. The van der Waals surface area contributed by atoms with Crippen molar-refractivity contribution < 1.29 is 65.8 Å². The van der Waals surface area contributed by atoms with Gasteiger partial charge in [0.1, 0.15) is 52.7 Å². The average molecular weight is 1380 g/mol. The number of thiazole rings is 1. The molecule has 3 aromatic carbocycles. The molecule has 6 aromatic heterocycles. The lowest BCUT2D eigenvalue weighted by Gasteiger charge is -2.29. The van der Waals surface area contributed by atoms with E-state index in [-0.39, 0.29) is 100 Å². The Balaban J connectivity index is 0.710. The van der Waals surface area contributed by atoms with Gasteiger partial charge in [0, 0.05) is 81.0 Å². The van der Waals surface area contributed by atoms with Crippen LogP contribution in [-0.4, -0.2) is 142 Å². The largest absolute Gasteiger partial charge is 0.444 e. The Labute approximate surface area is 581 Å². The maximum absolute atomic E-state index is 15.1. The smallest absolute Gasteiger partial charge is 0.243 e. The number of oxazole rings is 2. The number of aliphatic hydroxyl groups is 1. The van der Waals surface area contributed by atoms with Crippen LogP contribution < -0.4 is 16.0 Å². The van der Waals surface area contributed by atoms with E-state index in [1.807, 2.05) is 121 Å². The van der Waals surface area contributed by atoms with E-state index in [0.29, 0.717) is 40.8 Å². The van der Waals surface area contributed by atoms with Crippen molar-refractivity contribution in [1.82, 2.24) is 61.1 Å². The van der Waals surface area contributed by atoms with E-state index in [2.05, 4.69) is 46.4 Å². The lowest BCUT2D eigenvalue weighted by molar-refractivity contribution is -0.141. The summed E-state index contributed by atoms with van der Waals surface area (Å²) < 4.78 is 41.3. The third-order valence-electron chi connectivity index (χ3n) is 19.0. The zero-order valence-corrected chi connectivity index (χ0v) is 57.8. The number of nitrogens with one attached hydrogen (secondary N) is 3. The summed E-state index contributed by atoms with van der Waals surface area (Å²) in [6.07, 6.45) is 4.91. The highest BCUT2D eigenvalue weighted by Gasteiger charge is 2.47. The Morgan fingerprint density at radius 3 is 1.64 bits per heavy atom. The second-order valence-corrected chi connectivity index (χ2v) is 27.2. The topological polar surface area (TPSA) is 330 Å². The van der Waals surface area contributed by atoms with Crippen molar-refractivity contribution >= 4 is 46.8 Å². The summed E-state index contributed by atoms with van der Waals surface area (Å²) in [5.41, 5.74) is 9.07. The molecule has 3 aliphatic heterocycles. The van der Waals surface area contributed by atoms with E-state index >= 15 is 4.79 Å². The molecular formula is C73H82N12O14S. The first kappa shape index (κ1) is 69.9. The number of aryl methyl sites for hydroxylation is 2. The van der Waals surface area contributed by atoms with Crippen molar-refractivity contribution in [2.75, 3.05) is 19.6 Å². The number of ether oxygens (including phenoxy) is 2. The van der Waals surface area contributed by atoms with Crippen LogP contribution in [0.15, 0.2) is 144 Å². The van der Waals surface area contributed by atoms with Gasteiger partial charge in [-0.3, -0.25) is 33.8 Å². The van der Waals surface area contributed by atoms with Crippen LogP contribution in [0, 0.1) is 19.8 Å². The lowest BCUT2D eigenvalue weighted by atomic mass is 9.91. The third-order valence-corrected chi connectivity index (χ3v) is 19.9. The van der Waals surface area contributed by atoms with Crippen molar-refractivity contribution in [2.45, 2.75) is 174 Å². The highest BCUT2D eigenvalue weighted by Crippen LogP contribution is 2.36. The van der Waals surface area contributed by atoms with Crippen LogP contribution in [0.1, 0.15) is 160 Å². The molecule has 3 fully saturated rings. The summed E-state index contributed by atoms with van der Waals surface area (Å²) in [5, 5.41) is 32.7. The Morgan fingerprint density at radius 2 is 1.14 bits per heavy atom. The lowest BCUT2D eigenvalue weighted by Crippen LogP contribution is -2.48. The van der Waals surface area contributed by atoms with E-state index in [0.717, 1.165) is 44.0 Å². The molecular weight excluding hydrogens is 1300 g/mol. The summed E-state index contributed by atoms with van der Waals surface area (Å²) in [6.45, 7) is 15.0. The summed E-state index contributed by atoms with van der Waals surface area (Å²) in [4.78, 5) is 105. The quantitative estimate of drug-likeness (QED) is 0.0372. The molecule has 0 radical (unpaired) electrons. The number of benzene rings is 3. The summed E-state index contributed by atoms with van der Waals surface area (Å²) in [6, 6.07) is 24.3. The number of likely N-dealkylation sites (tertiary alicyclic amines) is 3. The standard InChI is InChI=1S/C73H82N12O14S/c1-9-56(71(90)83-32-53(86)26-58(83)68(87)76-29-45-11-13-48(14-12-45)64-30-74-37-95-64)61-24-51(81-97-61)35-93-54-27-59(69(88)78-42(6)46-15-19-49(20-16-46)65-31-75-39-100-65)84(33-54)72(91)57(10-2)62-25-52(82-98-62)36-94-55-28-60(85(34-55)73(92)66(40(3)4)63-23-41(5)80-99-63)70(89)79-43(7)47-17-21-50(22-18-47)67-44(8)77-38-96-67/h11-25,30-31,37-40,42-43,53-60,66,86H,9-10,26-29,32-36H2,1-8H3,(H,76,87)(H,78,88)(H,79,89)/t42-,43-,53+,54+,55+,56+,57+,58-,59-,60-,66+/m0/s1. The van der Waals surface area contributed by atoms with Gasteiger partial charge in [-0.25, -0.2) is 9.97 Å². The minimum Gasteiger partial charge on any atom is -0.444 e. The minimum absolute atomic E-state index is 0.0266. The molecule has 12 rings (SSSR count). The average Bonchev–Trinajstić information content (AvgIpc) is 1.64. The van der Waals surface area contributed by atoms with Gasteiger partial charge in [0.2, 0.25) is 35.4 Å². The van der Waals surface area contributed by atoms with Gasteiger partial charge in [0.05, 0.1) is 83.4 Å². The highest BCUT2D eigenvalue weighted by atomic mass is 32.1. The Morgan fingerprint density at radius 1 is 0.600 bits per heavy atom. The number of nitrogens with zero attached hydrogens (tertiary/aromatic N) is 9. The molecule has 4 N–H and O–H groups in total. The van der Waals surface area contributed by atoms with Gasteiger partial charge in [-0.05, 0) is 68.7 Å². The van der Waals surface area contributed by atoms with E-state index in [1.54, 1.807) is 47.9 Å². The maximum atomic E-state index is 15.1. The van der Waals surface area contributed by atoms with Gasteiger partial charge >= 0.3 is 0 Å². The number of amides is 6. The van der Waals surface area contributed by atoms with Gasteiger partial charge in [-0.2, -0.15) is 0 Å². The first-order chi connectivity index (χ1) is 48.3. The summed E-state index contributed by atoms with van der Waals surface area (Å²) in [5.74, 6) is -2.73. The van der Waals surface area contributed by atoms with E-state index in [9.17, 15) is 29.1 Å². The molecule has 3 saturated heterocycles. The molecule has 9 heterocycles. The second-order valence-electron chi connectivity index (χ2n) is 26.3. The molecule has 0 aliphatic carbocycles. The number of carbonyl (C=O) groups is 6. The zero-order chi connectivity index (χ0) is 70.3. The Bertz CT molecular complexity index is 4260. The van der Waals surface area contributed by atoms with Crippen LogP contribution in [0.5, 0.6) is 0 Å². The molecule has 26 nitrogen and oxygen atoms in total. The molecule has 3 aliphatic rings. The Kier molecular flexibility index (Phi) is 21.7. The number of hydrogen-bond donors (Lipinski definition) is 4. The molecule has 11 atom stereocenters. The number of β-amino-alcohol motifs (C(OH)–C–C–N with tert-alkyl or cyclic N) is 1. The normalized spacial score (nSPS) is 20.0. The maximum Gasteiger partial charge on any atom is 0.243 e. The molecule has 9 aromatic rings. The summed E-state index contributed by atoms with van der Waals surface area (Å²) in [7, 11) is 0. The van der Waals surface area contributed by atoms with Crippen LogP contribution in [0.3, 0.4) is 0 Å². The van der Waals surface area contributed by atoms with Gasteiger partial charge in [-0.1, -0.05) is 116 Å². The molecule has 100 heavy (non-hydrogen) atoms. The fourth-order valence-electron chi connectivity index (χ4n) is 13.5. The van der Waals surface area contributed by atoms with E-state index < -0.39 is 84.0 Å². The van der Waals surface area contributed by atoms with Crippen molar-refractivity contribution in [3.8, 4) is 33.1 Å². The second kappa shape index (κ2) is 31.1. The summed E-state index contributed by atoms with van der Waals surface area (Å²) >= 11 is 1.52. The number of carbonyl (C=O) groups excluding carboxylic acids is 6. The molecule has 0 unspecified atom stereocenters. The van der Waals surface area contributed by atoms with Crippen LogP contribution in [-0.2, 0) is 58.0 Å². The molecule has 6 amide bonds. The van der Waals surface area contributed by atoms with Gasteiger partial charge in [0.15, 0.2) is 24.3 Å². The Hall–Kier alpha value is -9.96. The zero-order valence-electron chi connectivity index (χ0n) is 56.9. The molecule has 524 valence electrons. The number of hydrogen-bond acceptors (Lipinski definition) is 21. The van der Waals surface area contributed by atoms with E-state index in [4.69, 9.17) is 31.9 Å². The van der Waals surface area contributed by atoms with Crippen molar-refractivity contribution in [2.24, 2.45) is 5.92 Å². The van der Waals surface area contributed by atoms with Crippen molar-refractivity contribution in [1.29, 1.82) is 0 Å². The van der Waals surface area contributed by atoms with Crippen LogP contribution in [0.25, 0.3) is 33.1 Å². The fourth-order valence-corrected chi connectivity index (χ4v) is 14.2. The fraction of sp³-hybridized carbons (Fsp3) is 0.425. The number of rotatable bonds is 27.